The quantitative estimate of drug-likeness (QED) is 0.932. The summed E-state index contributed by atoms with van der Waals surface area (Å²) in [5.74, 6) is 0.807. The fourth-order valence-electron chi connectivity index (χ4n) is 2.58. The predicted octanol–water partition coefficient (Wildman–Crippen LogP) is 1.86. The van der Waals surface area contributed by atoms with Gasteiger partial charge < -0.3 is 14.9 Å². The molecule has 1 aromatic carbocycles. The molecule has 1 atom stereocenters. The third-order valence-electron chi connectivity index (χ3n) is 3.86. The van der Waals surface area contributed by atoms with Gasteiger partial charge in [-0.15, -0.1) is 0 Å². The first-order valence-corrected chi connectivity index (χ1v) is 7.29. The van der Waals surface area contributed by atoms with Crippen LogP contribution >= 0.6 is 0 Å². The van der Waals surface area contributed by atoms with E-state index in [0.29, 0.717) is 0 Å². The lowest BCUT2D eigenvalue weighted by molar-refractivity contribution is 0.199. The highest BCUT2D eigenvalue weighted by molar-refractivity contribution is 5.49. The van der Waals surface area contributed by atoms with Crippen LogP contribution in [-0.2, 0) is 0 Å². The van der Waals surface area contributed by atoms with Gasteiger partial charge in [-0.2, -0.15) is 0 Å². The average molecular weight is 284 g/mol. The standard InChI is InChI=1S/C16H20N4O/c1-13(21)14-3-5-15(6-4-14)19-9-11-20(12-10-19)16-17-7-2-8-18-16/h2-8,13,21H,9-12H2,1H3/t13-/m0/s1. The van der Waals surface area contributed by atoms with Crippen LogP contribution in [0.1, 0.15) is 18.6 Å². The Bertz CT molecular complexity index is 563. The molecule has 3 rings (SSSR count). The fourth-order valence-corrected chi connectivity index (χ4v) is 2.58. The highest BCUT2D eigenvalue weighted by Gasteiger charge is 2.18. The summed E-state index contributed by atoms with van der Waals surface area (Å²) in [6, 6.07) is 9.98. The van der Waals surface area contributed by atoms with E-state index in [1.54, 1.807) is 19.3 Å². The van der Waals surface area contributed by atoms with Crippen LogP contribution in [0.25, 0.3) is 0 Å². The summed E-state index contributed by atoms with van der Waals surface area (Å²) in [6.07, 6.45) is 3.15. The molecule has 2 heterocycles. The molecule has 1 aromatic heterocycles. The van der Waals surface area contributed by atoms with Gasteiger partial charge >= 0.3 is 0 Å². The molecule has 0 amide bonds. The molecule has 1 N–H and O–H groups in total. The molecule has 0 radical (unpaired) electrons. The maximum Gasteiger partial charge on any atom is 0.225 e. The van der Waals surface area contributed by atoms with Gasteiger partial charge in [0.1, 0.15) is 0 Å². The van der Waals surface area contributed by atoms with E-state index in [1.165, 1.54) is 5.69 Å². The second-order valence-electron chi connectivity index (χ2n) is 5.29. The highest BCUT2D eigenvalue weighted by Crippen LogP contribution is 2.21. The van der Waals surface area contributed by atoms with E-state index in [4.69, 9.17) is 0 Å². The molecular weight excluding hydrogens is 264 g/mol. The van der Waals surface area contributed by atoms with Crippen LogP contribution in [0.4, 0.5) is 11.6 Å². The van der Waals surface area contributed by atoms with Crippen molar-refractivity contribution in [3.63, 3.8) is 0 Å². The number of anilines is 2. The monoisotopic (exact) mass is 284 g/mol. The van der Waals surface area contributed by atoms with Gasteiger partial charge in [0.05, 0.1) is 6.10 Å². The predicted molar refractivity (Wildman–Crippen MR) is 83.5 cm³/mol. The van der Waals surface area contributed by atoms with E-state index < -0.39 is 6.10 Å². The lowest BCUT2D eigenvalue weighted by Crippen LogP contribution is -2.47. The third-order valence-corrected chi connectivity index (χ3v) is 3.86. The van der Waals surface area contributed by atoms with Crippen molar-refractivity contribution in [3.8, 4) is 0 Å². The van der Waals surface area contributed by atoms with Crippen molar-refractivity contribution in [1.29, 1.82) is 0 Å². The zero-order chi connectivity index (χ0) is 14.7. The number of hydrogen-bond acceptors (Lipinski definition) is 5. The van der Waals surface area contributed by atoms with Gasteiger partial charge in [0.25, 0.3) is 0 Å². The number of benzene rings is 1. The van der Waals surface area contributed by atoms with E-state index in [2.05, 4.69) is 31.9 Å². The summed E-state index contributed by atoms with van der Waals surface area (Å²) in [5, 5.41) is 9.55. The van der Waals surface area contributed by atoms with Crippen LogP contribution < -0.4 is 9.80 Å². The molecule has 2 aromatic rings. The Morgan fingerprint density at radius 1 is 0.952 bits per heavy atom. The number of rotatable bonds is 3. The van der Waals surface area contributed by atoms with E-state index in [9.17, 15) is 5.11 Å². The van der Waals surface area contributed by atoms with Gasteiger partial charge in [-0.05, 0) is 30.7 Å². The normalized spacial score (nSPS) is 16.9. The average Bonchev–Trinajstić information content (AvgIpc) is 2.56. The number of hydrogen-bond donors (Lipinski definition) is 1. The van der Waals surface area contributed by atoms with Crippen molar-refractivity contribution in [2.24, 2.45) is 0 Å². The first kappa shape index (κ1) is 13.8. The molecule has 0 spiro atoms. The molecule has 0 unspecified atom stereocenters. The number of aliphatic hydroxyl groups excluding tert-OH is 1. The van der Waals surface area contributed by atoms with E-state index in [-0.39, 0.29) is 0 Å². The van der Waals surface area contributed by atoms with Gasteiger partial charge in [0.15, 0.2) is 0 Å². The Labute approximate surface area is 124 Å². The van der Waals surface area contributed by atoms with Crippen LogP contribution in [0, 0.1) is 0 Å². The van der Waals surface area contributed by atoms with E-state index in [0.717, 1.165) is 37.7 Å². The molecule has 1 fully saturated rings. The first-order valence-electron chi connectivity index (χ1n) is 7.29. The Kier molecular flexibility index (Phi) is 4.01. The molecule has 5 nitrogen and oxygen atoms in total. The maximum atomic E-state index is 9.55. The van der Waals surface area contributed by atoms with Crippen LogP contribution in [0.2, 0.25) is 0 Å². The Balaban J connectivity index is 1.63. The summed E-state index contributed by atoms with van der Waals surface area (Å²) in [5.41, 5.74) is 2.16. The Morgan fingerprint density at radius 3 is 2.10 bits per heavy atom. The van der Waals surface area contributed by atoms with Crippen molar-refractivity contribution in [2.75, 3.05) is 36.0 Å². The number of aliphatic hydroxyl groups is 1. The third kappa shape index (κ3) is 3.13. The molecule has 21 heavy (non-hydrogen) atoms. The Morgan fingerprint density at radius 2 is 1.52 bits per heavy atom. The number of nitrogens with zero attached hydrogens (tertiary/aromatic N) is 4. The van der Waals surface area contributed by atoms with Gasteiger partial charge in [0.2, 0.25) is 5.95 Å². The maximum absolute atomic E-state index is 9.55. The molecule has 5 heteroatoms. The van der Waals surface area contributed by atoms with Crippen molar-refractivity contribution in [3.05, 3.63) is 48.3 Å². The number of aromatic nitrogens is 2. The SMILES string of the molecule is C[C@H](O)c1ccc(N2CCN(c3ncccn3)CC2)cc1. The molecule has 1 aliphatic rings. The molecule has 0 saturated carbocycles. The molecule has 0 bridgehead atoms. The van der Waals surface area contributed by atoms with Crippen LogP contribution in [0.3, 0.4) is 0 Å². The topological polar surface area (TPSA) is 52.5 Å². The summed E-state index contributed by atoms with van der Waals surface area (Å²) in [6.45, 7) is 5.52. The van der Waals surface area contributed by atoms with Crippen LogP contribution in [0.15, 0.2) is 42.7 Å². The lowest BCUT2D eigenvalue weighted by atomic mass is 10.1. The molecule has 1 aliphatic heterocycles. The minimum atomic E-state index is -0.411. The first-order chi connectivity index (χ1) is 10.2. The van der Waals surface area contributed by atoms with Crippen molar-refractivity contribution in [2.45, 2.75) is 13.0 Å². The molecule has 110 valence electrons. The van der Waals surface area contributed by atoms with Crippen LogP contribution in [-0.4, -0.2) is 41.3 Å². The zero-order valence-corrected chi connectivity index (χ0v) is 12.2. The summed E-state index contributed by atoms with van der Waals surface area (Å²) in [7, 11) is 0. The van der Waals surface area contributed by atoms with Crippen molar-refractivity contribution >= 4 is 11.6 Å². The zero-order valence-electron chi connectivity index (χ0n) is 12.2. The van der Waals surface area contributed by atoms with Crippen molar-refractivity contribution < 1.29 is 5.11 Å². The van der Waals surface area contributed by atoms with E-state index >= 15 is 0 Å². The molecular formula is C16H20N4O. The van der Waals surface area contributed by atoms with Crippen LogP contribution in [0.5, 0.6) is 0 Å². The smallest absolute Gasteiger partial charge is 0.225 e. The Hall–Kier alpha value is -2.14. The molecule has 1 saturated heterocycles. The fraction of sp³-hybridized carbons (Fsp3) is 0.375. The van der Waals surface area contributed by atoms with Gasteiger partial charge in [-0.1, -0.05) is 12.1 Å². The minimum Gasteiger partial charge on any atom is -0.389 e. The van der Waals surface area contributed by atoms with Crippen molar-refractivity contribution in [1.82, 2.24) is 9.97 Å². The second-order valence-corrected chi connectivity index (χ2v) is 5.29. The summed E-state index contributed by atoms with van der Waals surface area (Å²) < 4.78 is 0. The van der Waals surface area contributed by atoms with Gasteiger partial charge in [-0.3, -0.25) is 0 Å². The second kappa shape index (κ2) is 6.10. The van der Waals surface area contributed by atoms with E-state index in [1.807, 2.05) is 18.2 Å². The van der Waals surface area contributed by atoms with Gasteiger partial charge in [0, 0.05) is 44.3 Å². The summed E-state index contributed by atoms with van der Waals surface area (Å²) in [4.78, 5) is 13.2. The highest BCUT2D eigenvalue weighted by atomic mass is 16.3. The molecule has 0 aliphatic carbocycles. The minimum absolute atomic E-state index is 0.411. The summed E-state index contributed by atoms with van der Waals surface area (Å²) >= 11 is 0. The number of piperazine rings is 1. The lowest BCUT2D eigenvalue weighted by Gasteiger charge is -2.36. The largest absolute Gasteiger partial charge is 0.389 e. The van der Waals surface area contributed by atoms with Gasteiger partial charge in [-0.25, -0.2) is 9.97 Å².